The fraction of sp³-hybridized carbons (Fsp3) is 0.154. The summed E-state index contributed by atoms with van der Waals surface area (Å²) in [7, 11) is 0. The Morgan fingerprint density at radius 1 is 1.18 bits per heavy atom. The Morgan fingerprint density at radius 3 is 2.65 bits per heavy atom. The van der Waals surface area contributed by atoms with Gasteiger partial charge < -0.3 is 14.8 Å². The number of aromatic amines is 1. The standard InChI is InChI=1S/C13H13NO3/c15-8-11-6-14-7-12(13(11)16)17-9-10-4-2-1-3-5-10/h1-7,15H,8-9H2,(H,14,16). The summed E-state index contributed by atoms with van der Waals surface area (Å²) in [6, 6.07) is 9.58. The first kappa shape index (κ1) is 11.4. The molecule has 2 aromatic rings. The highest BCUT2D eigenvalue weighted by Gasteiger charge is 2.05. The third-order valence-electron chi connectivity index (χ3n) is 2.39. The molecule has 0 saturated heterocycles. The maximum Gasteiger partial charge on any atom is 0.228 e. The molecule has 0 aliphatic heterocycles. The largest absolute Gasteiger partial charge is 0.483 e. The third-order valence-corrected chi connectivity index (χ3v) is 2.39. The van der Waals surface area contributed by atoms with Crippen LogP contribution in [0.25, 0.3) is 0 Å². The molecule has 0 fully saturated rings. The van der Waals surface area contributed by atoms with Gasteiger partial charge in [0.15, 0.2) is 5.75 Å². The number of aliphatic hydroxyl groups is 1. The Balaban J connectivity index is 2.12. The van der Waals surface area contributed by atoms with E-state index in [2.05, 4.69) is 4.98 Å². The van der Waals surface area contributed by atoms with Gasteiger partial charge in [-0.15, -0.1) is 0 Å². The van der Waals surface area contributed by atoms with Crippen molar-refractivity contribution in [1.82, 2.24) is 4.98 Å². The molecule has 0 bridgehead atoms. The Kier molecular flexibility index (Phi) is 3.57. The zero-order valence-electron chi connectivity index (χ0n) is 9.22. The molecule has 0 spiro atoms. The van der Waals surface area contributed by atoms with Gasteiger partial charge in [0, 0.05) is 18.0 Å². The lowest BCUT2D eigenvalue weighted by atomic mass is 10.2. The van der Waals surface area contributed by atoms with Gasteiger partial charge in [0.1, 0.15) is 6.61 Å². The molecule has 0 unspecified atom stereocenters. The van der Waals surface area contributed by atoms with Crippen LogP contribution in [0.3, 0.4) is 0 Å². The lowest BCUT2D eigenvalue weighted by Gasteiger charge is -2.06. The Labute approximate surface area is 98.5 Å². The van der Waals surface area contributed by atoms with Crippen LogP contribution in [-0.2, 0) is 13.2 Å². The average Bonchev–Trinajstić information content (AvgIpc) is 2.39. The predicted molar refractivity (Wildman–Crippen MR) is 63.8 cm³/mol. The lowest BCUT2D eigenvalue weighted by Crippen LogP contribution is -2.13. The van der Waals surface area contributed by atoms with Gasteiger partial charge >= 0.3 is 0 Å². The molecule has 0 atom stereocenters. The number of hydrogen-bond donors (Lipinski definition) is 2. The van der Waals surface area contributed by atoms with Gasteiger partial charge in [0.2, 0.25) is 5.43 Å². The second kappa shape index (κ2) is 5.32. The number of aliphatic hydroxyl groups excluding tert-OH is 1. The maximum absolute atomic E-state index is 11.7. The molecule has 0 amide bonds. The number of hydrogen-bond acceptors (Lipinski definition) is 3. The van der Waals surface area contributed by atoms with Crippen molar-refractivity contribution in [3.63, 3.8) is 0 Å². The van der Waals surface area contributed by atoms with Crippen LogP contribution < -0.4 is 10.2 Å². The van der Waals surface area contributed by atoms with Crippen LogP contribution in [0.1, 0.15) is 11.1 Å². The molecule has 88 valence electrons. The van der Waals surface area contributed by atoms with E-state index >= 15 is 0 Å². The van der Waals surface area contributed by atoms with E-state index in [0.29, 0.717) is 12.2 Å². The minimum absolute atomic E-state index is 0.223. The van der Waals surface area contributed by atoms with Crippen molar-refractivity contribution in [3.8, 4) is 5.75 Å². The first-order valence-corrected chi connectivity index (χ1v) is 5.29. The normalized spacial score (nSPS) is 10.2. The van der Waals surface area contributed by atoms with Crippen LogP contribution in [0.15, 0.2) is 47.5 Å². The van der Waals surface area contributed by atoms with Crippen molar-refractivity contribution in [2.45, 2.75) is 13.2 Å². The van der Waals surface area contributed by atoms with Crippen molar-refractivity contribution in [3.05, 3.63) is 64.1 Å². The summed E-state index contributed by atoms with van der Waals surface area (Å²) in [6.45, 7) is 0.0384. The summed E-state index contributed by atoms with van der Waals surface area (Å²) < 4.78 is 5.41. The number of aromatic nitrogens is 1. The Morgan fingerprint density at radius 2 is 1.94 bits per heavy atom. The summed E-state index contributed by atoms with van der Waals surface area (Å²) in [5, 5.41) is 8.95. The van der Waals surface area contributed by atoms with E-state index < -0.39 is 0 Å². The van der Waals surface area contributed by atoms with Gasteiger partial charge in [-0.1, -0.05) is 30.3 Å². The molecular formula is C13H13NO3. The first-order valence-electron chi connectivity index (χ1n) is 5.29. The molecule has 1 aromatic carbocycles. The third kappa shape index (κ3) is 2.73. The lowest BCUT2D eigenvalue weighted by molar-refractivity contribution is 0.274. The van der Waals surface area contributed by atoms with E-state index in [-0.39, 0.29) is 17.8 Å². The Hall–Kier alpha value is -2.07. The average molecular weight is 231 g/mol. The molecule has 1 aromatic heterocycles. The summed E-state index contributed by atoms with van der Waals surface area (Å²) in [6.07, 6.45) is 2.96. The SMILES string of the molecule is O=c1c(CO)c[nH]cc1OCc1ccccc1. The summed E-state index contributed by atoms with van der Waals surface area (Å²) >= 11 is 0. The minimum atomic E-state index is -0.294. The molecule has 4 heteroatoms. The minimum Gasteiger partial charge on any atom is -0.483 e. The highest BCUT2D eigenvalue weighted by Crippen LogP contribution is 2.07. The molecule has 2 rings (SSSR count). The van der Waals surface area contributed by atoms with Crippen LogP contribution in [0.4, 0.5) is 0 Å². The van der Waals surface area contributed by atoms with Crippen molar-refractivity contribution < 1.29 is 9.84 Å². The van der Waals surface area contributed by atoms with E-state index in [0.717, 1.165) is 5.56 Å². The molecule has 0 saturated carbocycles. The van der Waals surface area contributed by atoms with Gasteiger partial charge in [-0.2, -0.15) is 0 Å². The summed E-state index contributed by atoms with van der Waals surface area (Å²) in [5.74, 6) is 0.223. The van der Waals surface area contributed by atoms with Crippen molar-refractivity contribution in [2.75, 3.05) is 0 Å². The topological polar surface area (TPSA) is 62.3 Å². The molecule has 2 N–H and O–H groups in total. The molecule has 1 heterocycles. The van der Waals surface area contributed by atoms with Crippen molar-refractivity contribution in [2.24, 2.45) is 0 Å². The molecular weight excluding hydrogens is 218 g/mol. The number of pyridine rings is 1. The van der Waals surface area contributed by atoms with Gasteiger partial charge in [0.05, 0.1) is 6.61 Å². The smallest absolute Gasteiger partial charge is 0.228 e. The van der Waals surface area contributed by atoms with Crippen LogP contribution in [0.5, 0.6) is 5.75 Å². The van der Waals surface area contributed by atoms with Crippen LogP contribution in [-0.4, -0.2) is 10.1 Å². The number of rotatable bonds is 4. The second-order valence-corrected chi connectivity index (χ2v) is 3.61. The van der Waals surface area contributed by atoms with E-state index in [1.54, 1.807) is 0 Å². The zero-order valence-corrected chi connectivity index (χ0v) is 9.22. The summed E-state index contributed by atoms with van der Waals surface area (Å²) in [5.41, 5.74) is 1.01. The molecule has 0 radical (unpaired) electrons. The number of H-pyrrole nitrogens is 1. The molecule has 0 aliphatic rings. The molecule has 0 aliphatic carbocycles. The fourth-order valence-electron chi connectivity index (χ4n) is 1.47. The number of nitrogens with one attached hydrogen (secondary N) is 1. The van der Waals surface area contributed by atoms with Gasteiger partial charge in [-0.3, -0.25) is 4.79 Å². The molecule has 4 nitrogen and oxygen atoms in total. The highest BCUT2D eigenvalue weighted by atomic mass is 16.5. The van der Waals surface area contributed by atoms with E-state index in [1.165, 1.54) is 12.4 Å². The summed E-state index contributed by atoms with van der Waals surface area (Å²) in [4.78, 5) is 14.5. The molecule has 17 heavy (non-hydrogen) atoms. The first-order chi connectivity index (χ1) is 8.31. The van der Waals surface area contributed by atoms with Gasteiger partial charge in [-0.25, -0.2) is 0 Å². The Bertz CT molecular complexity index is 534. The number of benzene rings is 1. The second-order valence-electron chi connectivity index (χ2n) is 3.61. The number of ether oxygens (including phenoxy) is 1. The van der Waals surface area contributed by atoms with Crippen LogP contribution in [0.2, 0.25) is 0 Å². The van der Waals surface area contributed by atoms with E-state index in [9.17, 15) is 4.79 Å². The van der Waals surface area contributed by atoms with Crippen molar-refractivity contribution >= 4 is 0 Å². The van der Waals surface area contributed by atoms with Gasteiger partial charge in [-0.05, 0) is 5.56 Å². The van der Waals surface area contributed by atoms with Crippen LogP contribution >= 0.6 is 0 Å². The fourth-order valence-corrected chi connectivity index (χ4v) is 1.47. The van der Waals surface area contributed by atoms with E-state index in [4.69, 9.17) is 9.84 Å². The zero-order chi connectivity index (χ0) is 12.1. The van der Waals surface area contributed by atoms with Crippen molar-refractivity contribution in [1.29, 1.82) is 0 Å². The van der Waals surface area contributed by atoms with Gasteiger partial charge in [0.25, 0.3) is 0 Å². The predicted octanol–water partition coefficient (Wildman–Crippen LogP) is 1.45. The van der Waals surface area contributed by atoms with E-state index in [1.807, 2.05) is 30.3 Å². The van der Waals surface area contributed by atoms with Crippen LogP contribution in [0, 0.1) is 0 Å². The highest BCUT2D eigenvalue weighted by molar-refractivity contribution is 5.24. The monoisotopic (exact) mass is 231 g/mol. The quantitative estimate of drug-likeness (QED) is 0.837. The maximum atomic E-state index is 11.7.